The van der Waals surface area contributed by atoms with E-state index in [0.717, 1.165) is 0 Å². The van der Waals surface area contributed by atoms with Crippen molar-refractivity contribution in [3.8, 4) is 0 Å². The molecule has 7 nitrogen and oxygen atoms in total. The van der Waals surface area contributed by atoms with Crippen LogP contribution in [0.2, 0.25) is 0 Å². The fraction of sp³-hybridized carbons (Fsp3) is 0.158. The van der Waals surface area contributed by atoms with Crippen LogP contribution in [0.1, 0.15) is 30.4 Å². The van der Waals surface area contributed by atoms with E-state index in [1.54, 1.807) is 24.3 Å². The highest BCUT2D eigenvalue weighted by Gasteiger charge is 2.17. The molecule has 2 aromatic carbocycles. The molecule has 3 aromatic rings. The van der Waals surface area contributed by atoms with E-state index in [1.165, 1.54) is 28.9 Å². The Morgan fingerprint density at radius 2 is 1.71 bits per heavy atom. The number of hydrogen-bond acceptors (Lipinski definition) is 4. The van der Waals surface area contributed by atoms with Crippen LogP contribution in [0, 0.1) is 5.82 Å². The Morgan fingerprint density at radius 3 is 2.36 bits per heavy atom. The van der Waals surface area contributed by atoms with Crippen LogP contribution < -0.4 is 21.7 Å². The first-order valence-corrected chi connectivity index (χ1v) is 8.92. The van der Waals surface area contributed by atoms with Crippen molar-refractivity contribution in [3.63, 3.8) is 0 Å². The van der Waals surface area contributed by atoms with Gasteiger partial charge in [-0.1, -0.05) is 18.2 Å². The molecule has 0 aliphatic heterocycles. The number of nitrogens with one attached hydrogen (secondary N) is 3. The number of hydrazine groups is 1. The maximum absolute atomic E-state index is 12.9. The highest BCUT2D eigenvalue weighted by molar-refractivity contribution is 7.80. The number of carbonyl (C=O) groups is 1. The molecule has 0 saturated carbocycles. The number of rotatable bonds is 3. The number of fused-ring (bicyclic) bond motifs is 1. The lowest BCUT2D eigenvalue weighted by molar-refractivity contribution is 0.0938. The fourth-order valence-corrected chi connectivity index (χ4v) is 2.76. The van der Waals surface area contributed by atoms with Gasteiger partial charge < -0.3 is 5.32 Å². The van der Waals surface area contributed by atoms with E-state index in [0.29, 0.717) is 16.5 Å². The van der Waals surface area contributed by atoms with Crippen LogP contribution in [0.25, 0.3) is 10.8 Å². The van der Waals surface area contributed by atoms with Gasteiger partial charge in [0.1, 0.15) is 5.82 Å². The minimum Gasteiger partial charge on any atom is -0.331 e. The Kier molecular flexibility index (Phi) is 5.65. The highest BCUT2D eigenvalue weighted by Crippen LogP contribution is 2.14. The van der Waals surface area contributed by atoms with Gasteiger partial charge in [-0.3, -0.25) is 20.4 Å². The van der Waals surface area contributed by atoms with Gasteiger partial charge >= 0.3 is 0 Å². The van der Waals surface area contributed by atoms with Crippen LogP contribution in [0.5, 0.6) is 0 Å². The maximum Gasteiger partial charge on any atom is 0.290 e. The van der Waals surface area contributed by atoms with E-state index in [1.807, 2.05) is 13.8 Å². The smallest absolute Gasteiger partial charge is 0.290 e. The molecule has 1 heterocycles. The number of hydrogen-bond donors (Lipinski definition) is 3. The molecule has 0 bridgehead atoms. The molecular formula is C19H18FN5O2S. The van der Waals surface area contributed by atoms with E-state index in [4.69, 9.17) is 12.2 Å². The third kappa shape index (κ3) is 4.15. The molecule has 1 aromatic heterocycles. The summed E-state index contributed by atoms with van der Waals surface area (Å²) in [5, 5.41) is 8.00. The minimum absolute atomic E-state index is 0.0981. The van der Waals surface area contributed by atoms with Crippen LogP contribution in [0.3, 0.4) is 0 Å². The molecule has 3 rings (SSSR count). The van der Waals surface area contributed by atoms with E-state index in [2.05, 4.69) is 21.3 Å². The second-order valence-electron chi connectivity index (χ2n) is 6.28. The van der Waals surface area contributed by atoms with Crippen molar-refractivity contribution in [3.05, 3.63) is 70.4 Å². The topological polar surface area (TPSA) is 88.1 Å². The Morgan fingerprint density at radius 1 is 1.07 bits per heavy atom. The first-order valence-electron chi connectivity index (χ1n) is 8.51. The number of anilines is 1. The lowest BCUT2D eigenvalue weighted by Crippen LogP contribution is -2.44. The summed E-state index contributed by atoms with van der Waals surface area (Å²) >= 11 is 5.11. The number of aromatic nitrogens is 2. The zero-order chi connectivity index (χ0) is 20.3. The monoisotopic (exact) mass is 399 g/mol. The van der Waals surface area contributed by atoms with Crippen molar-refractivity contribution in [2.24, 2.45) is 0 Å². The average Bonchev–Trinajstić information content (AvgIpc) is 2.68. The number of benzene rings is 2. The molecule has 0 unspecified atom stereocenters. The summed E-state index contributed by atoms with van der Waals surface area (Å²) in [6, 6.07) is 12.2. The number of thiocarbonyl (C=S) groups is 1. The molecule has 0 fully saturated rings. The quantitative estimate of drug-likeness (QED) is 0.464. The van der Waals surface area contributed by atoms with Crippen molar-refractivity contribution in [2.45, 2.75) is 19.9 Å². The van der Waals surface area contributed by atoms with Crippen LogP contribution in [-0.2, 0) is 0 Å². The largest absolute Gasteiger partial charge is 0.331 e. The summed E-state index contributed by atoms with van der Waals surface area (Å²) in [4.78, 5) is 25.2. The Balaban J connectivity index is 1.79. The van der Waals surface area contributed by atoms with Crippen molar-refractivity contribution in [2.75, 3.05) is 5.32 Å². The van der Waals surface area contributed by atoms with E-state index >= 15 is 0 Å². The number of carbonyl (C=O) groups excluding carboxylic acids is 1. The van der Waals surface area contributed by atoms with Crippen LogP contribution in [0.4, 0.5) is 10.1 Å². The zero-order valence-electron chi connectivity index (χ0n) is 15.2. The number of amides is 1. The standard InChI is InChI=1S/C19H18FN5O2S/c1-11(2)25-18(27)15-6-4-3-5-14(15)16(24-25)17(26)22-23-19(28)21-13-9-7-12(20)8-10-13/h3-11H,1-2H3,(H,22,26)(H2,21,23,28). The summed E-state index contributed by atoms with van der Waals surface area (Å²) in [6.45, 7) is 3.62. The van der Waals surface area contributed by atoms with Crippen LogP contribution in [-0.4, -0.2) is 20.8 Å². The first kappa shape index (κ1) is 19.4. The lowest BCUT2D eigenvalue weighted by atomic mass is 10.1. The summed E-state index contributed by atoms with van der Waals surface area (Å²) in [7, 11) is 0. The summed E-state index contributed by atoms with van der Waals surface area (Å²) in [6.07, 6.45) is 0. The van der Waals surface area contributed by atoms with E-state index in [9.17, 15) is 14.0 Å². The van der Waals surface area contributed by atoms with Gasteiger partial charge in [-0.2, -0.15) is 5.10 Å². The van der Waals surface area contributed by atoms with Crippen molar-refractivity contribution >= 4 is 39.7 Å². The molecule has 9 heteroatoms. The first-order chi connectivity index (χ1) is 13.4. The van der Waals surface area contributed by atoms with Crippen molar-refractivity contribution in [1.29, 1.82) is 0 Å². The molecular weight excluding hydrogens is 381 g/mol. The van der Waals surface area contributed by atoms with Gasteiger partial charge in [0.2, 0.25) is 0 Å². The van der Waals surface area contributed by atoms with Gasteiger partial charge in [-0.15, -0.1) is 0 Å². The molecule has 0 saturated heterocycles. The Labute approximate surface area is 165 Å². The third-order valence-corrected chi connectivity index (χ3v) is 4.13. The molecule has 1 amide bonds. The average molecular weight is 399 g/mol. The van der Waals surface area contributed by atoms with Gasteiger partial charge in [0.15, 0.2) is 10.8 Å². The van der Waals surface area contributed by atoms with Crippen molar-refractivity contribution in [1.82, 2.24) is 20.6 Å². The van der Waals surface area contributed by atoms with Crippen molar-refractivity contribution < 1.29 is 9.18 Å². The van der Waals surface area contributed by atoms with Gasteiger partial charge in [0.05, 0.1) is 11.4 Å². The molecule has 3 N–H and O–H groups in total. The zero-order valence-corrected chi connectivity index (χ0v) is 16.0. The second kappa shape index (κ2) is 8.13. The van der Waals surface area contributed by atoms with Gasteiger partial charge in [0.25, 0.3) is 11.5 Å². The predicted octanol–water partition coefficient (Wildman–Crippen LogP) is 2.75. The van der Waals surface area contributed by atoms with Crippen LogP contribution in [0.15, 0.2) is 53.3 Å². The number of halogens is 1. The molecule has 144 valence electrons. The Hall–Kier alpha value is -3.33. The van der Waals surface area contributed by atoms with Gasteiger partial charge in [0, 0.05) is 11.1 Å². The van der Waals surface area contributed by atoms with Crippen LogP contribution >= 0.6 is 12.2 Å². The van der Waals surface area contributed by atoms with Gasteiger partial charge in [-0.25, -0.2) is 9.07 Å². The molecule has 0 aliphatic rings. The predicted molar refractivity (Wildman–Crippen MR) is 110 cm³/mol. The molecule has 0 spiro atoms. The number of nitrogens with zero attached hydrogens (tertiary/aromatic N) is 2. The third-order valence-electron chi connectivity index (χ3n) is 3.92. The second-order valence-corrected chi connectivity index (χ2v) is 6.69. The van der Waals surface area contributed by atoms with E-state index in [-0.39, 0.29) is 28.2 Å². The maximum atomic E-state index is 12.9. The SMILES string of the molecule is CC(C)n1nc(C(=O)NNC(=S)Nc2ccc(F)cc2)c2ccccc2c1=O. The van der Waals surface area contributed by atoms with E-state index < -0.39 is 5.91 Å². The summed E-state index contributed by atoms with van der Waals surface area (Å²) < 4.78 is 14.2. The molecule has 0 atom stereocenters. The molecule has 0 radical (unpaired) electrons. The molecule has 0 aliphatic carbocycles. The molecule has 28 heavy (non-hydrogen) atoms. The summed E-state index contributed by atoms with van der Waals surface area (Å²) in [5.74, 6) is -0.912. The minimum atomic E-state index is -0.547. The fourth-order valence-electron chi connectivity index (χ4n) is 2.59. The summed E-state index contributed by atoms with van der Waals surface area (Å²) in [5.41, 5.74) is 5.43. The Bertz CT molecular complexity index is 1100. The normalized spacial score (nSPS) is 10.7. The lowest BCUT2D eigenvalue weighted by Gasteiger charge is -2.15. The highest BCUT2D eigenvalue weighted by atomic mass is 32.1. The van der Waals surface area contributed by atoms with Gasteiger partial charge in [-0.05, 0) is 56.4 Å².